The molecule has 1 aliphatic carbocycles. The number of amides is 1. The summed E-state index contributed by atoms with van der Waals surface area (Å²) in [5, 5.41) is 17.0. The molecule has 3 aromatic rings. The highest BCUT2D eigenvalue weighted by Gasteiger charge is 2.62. The molecular formula is C24H24F2N6O3. The molecule has 35 heavy (non-hydrogen) atoms. The van der Waals surface area contributed by atoms with Crippen LogP contribution in [0.2, 0.25) is 0 Å². The fourth-order valence-electron chi connectivity index (χ4n) is 4.43. The maximum absolute atomic E-state index is 13.2. The van der Waals surface area contributed by atoms with Gasteiger partial charge in [0.2, 0.25) is 11.9 Å². The van der Waals surface area contributed by atoms with Gasteiger partial charge in [-0.1, -0.05) is 18.2 Å². The minimum absolute atomic E-state index is 0.0475. The Morgan fingerprint density at radius 3 is 2.57 bits per heavy atom. The number of aromatic carboxylic acids is 1. The Bertz CT molecular complexity index is 1290. The molecule has 2 aromatic heterocycles. The number of nitrogens with zero attached hydrogens (tertiary/aromatic N) is 5. The second kappa shape index (κ2) is 8.71. The molecule has 1 aliphatic heterocycles. The van der Waals surface area contributed by atoms with E-state index in [4.69, 9.17) is 0 Å². The Morgan fingerprint density at radius 1 is 1.17 bits per heavy atom. The number of hydrogen-bond acceptors (Lipinski definition) is 6. The van der Waals surface area contributed by atoms with Crippen LogP contribution in [0.15, 0.2) is 42.9 Å². The number of likely N-dealkylation sites (tertiary alicyclic amines) is 1. The number of halogens is 2. The molecule has 11 heteroatoms. The summed E-state index contributed by atoms with van der Waals surface area (Å²) in [5.74, 6) is -5.18. The molecule has 9 nitrogen and oxygen atoms in total. The molecular weight excluding hydrogens is 458 g/mol. The van der Waals surface area contributed by atoms with Crippen molar-refractivity contribution in [3.8, 4) is 11.3 Å². The molecule has 1 unspecified atom stereocenters. The summed E-state index contributed by atoms with van der Waals surface area (Å²) in [6.45, 7) is 2.66. The Labute approximate surface area is 199 Å². The molecule has 1 atom stereocenters. The van der Waals surface area contributed by atoms with Crippen LogP contribution >= 0.6 is 0 Å². The van der Waals surface area contributed by atoms with Crippen LogP contribution in [-0.2, 0) is 4.79 Å². The van der Waals surface area contributed by atoms with Gasteiger partial charge in [0.1, 0.15) is 5.92 Å². The number of carbonyl (C=O) groups excluding carboxylic acids is 1. The van der Waals surface area contributed by atoms with Gasteiger partial charge in [0.05, 0.1) is 29.2 Å². The Hall–Kier alpha value is -3.89. The van der Waals surface area contributed by atoms with E-state index in [1.54, 1.807) is 35.3 Å². The lowest BCUT2D eigenvalue weighted by Gasteiger charge is -2.32. The lowest BCUT2D eigenvalue weighted by atomic mass is 10.0. The van der Waals surface area contributed by atoms with Gasteiger partial charge in [-0.2, -0.15) is 5.10 Å². The number of aromatic nitrogens is 4. The predicted molar refractivity (Wildman–Crippen MR) is 123 cm³/mol. The minimum Gasteiger partial charge on any atom is -0.478 e. The monoisotopic (exact) mass is 482 g/mol. The van der Waals surface area contributed by atoms with Gasteiger partial charge in [0.25, 0.3) is 5.92 Å². The molecule has 5 rings (SSSR count). The van der Waals surface area contributed by atoms with Gasteiger partial charge in [0, 0.05) is 37.5 Å². The van der Waals surface area contributed by atoms with Crippen LogP contribution < -0.4 is 5.32 Å². The third-order valence-electron chi connectivity index (χ3n) is 6.52. The minimum atomic E-state index is -2.84. The van der Waals surface area contributed by atoms with Crippen molar-refractivity contribution in [2.75, 3.05) is 18.4 Å². The number of piperidine rings is 1. The topological polar surface area (TPSA) is 113 Å². The first-order valence-electron chi connectivity index (χ1n) is 11.4. The third-order valence-corrected chi connectivity index (χ3v) is 6.52. The summed E-state index contributed by atoms with van der Waals surface area (Å²) in [6, 6.07) is 6.72. The maximum atomic E-state index is 13.2. The standard InChI is InChI=1S/C24H24F2N6O3/c1-14-11-27-23(30-20(14)17-4-2-3-5-18(17)22(34)35)29-15-12-28-32(13-15)16-6-8-31(9-7-16)21(33)19-10-24(19,25)26/h2-5,11-13,16,19H,6-10H2,1H3,(H,34,35)(H,27,29,30). The number of aryl methyl sites for hydroxylation is 1. The average Bonchev–Trinajstić information content (AvgIpc) is 3.25. The van der Waals surface area contributed by atoms with Crippen molar-refractivity contribution in [3.05, 3.63) is 54.0 Å². The quantitative estimate of drug-likeness (QED) is 0.548. The van der Waals surface area contributed by atoms with Crippen molar-refractivity contribution in [3.63, 3.8) is 0 Å². The van der Waals surface area contributed by atoms with Gasteiger partial charge < -0.3 is 15.3 Å². The van der Waals surface area contributed by atoms with Gasteiger partial charge in [-0.3, -0.25) is 9.48 Å². The van der Waals surface area contributed by atoms with Crippen molar-refractivity contribution < 1.29 is 23.5 Å². The highest BCUT2D eigenvalue weighted by Crippen LogP contribution is 2.49. The molecule has 1 saturated carbocycles. The number of nitrogens with one attached hydrogen (secondary N) is 1. The predicted octanol–water partition coefficient (Wildman–Crippen LogP) is 3.91. The molecule has 1 amide bonds. The number of rotatable bonds is 6. The van der Waals surface area contributed by atoms with E-state index in [2.05, 4.69) is 20.4 Å². The summed E-state index contributed by atoms with van der Waals surface area (Å²) in [7, 11) is 0. The number of carboxylic acid groups (broad SMARTS) is 1. The van der Waals surface area contributed by atoms with E-state index < -0.39 is 23.7 Å². The SMILES string of the molecule is Cc1cnc(Nc2cnn(C3CCN(C(=O)C4CC4(F)F)CC3)c2)nc1-c1ccccc1C(=O)O. The van der Waals surface area contributed by atoms with E-state index in [0.717, 1.165) is 5.56 Å². The fraction of sp³-hybridized carbons (Fsp3) is 0.375. The molecule has 2 fully saturated rings. The van der Waals surface area contributed by atoms with E-state index in [-0.39, 0.29) is 18.0 Å². The summed E-state index contributed by atoms with van der Waals surface area (Å²) < 4.78 is 28.2. The zero-order valence-electron chi connectivity index (χ0n) is 19.0. The first-order chi connectivity index (χ1) is 16.7. The molecule has 1 aromatic carbocycles. The number of hydrogen-bond donors (Lipinski definition) is 2. The largest absolute Gasteiger partial charge is 0.478 e. The lowest BCUT2D eigenvalue weighted by Crippen LogP contribution is -2.40. The normalized spacial score (nSPS) is 19.4. The molecule has 0 radical (unpaired) electrons. The number of alkyl halides is 2. The Balaban J connectivity index is 1.26. The van der Waals surface area contributed by atoms with Crippen molar-refractivity contribution in [2.45, 2.75) is 38.2 Å². The van der Waals surface area contributed by atoms with Crippen molar-refractivity contribution >= 4 is 23.5 Å². The number of anilines is 2. The lowest BCUT2D eigenvalue weighted by molar-refractivity contribution is -0.136. The molecule has 2 aliphatic rings. The number of benzene rings is 1. The molecule has 3 heterocycles. The van der Waals surface area contributed by atoms with Crippen molar-refractivity contribution in [1.29, 1.82) is 0 Å². The smallest absolute Gasteiger partial charge is 0.336 e. The molecule has 182 valence electrons. The van der Waals surface area contributed by atoms with Crippen LogP contribution in [0.25, 0.3) is 11.3 Å². The van der Waals surface area contributed by atoms with Crippen LogP contribution in [-0.4, -0.2) is 60.6 Å². The second-order valence-corrected chi connectivity index (χ2v) is 8.98. The zero-order valence-corrected chi connectivity index (χ0v) is 19.0. The van der Waals surface area contributed by atoms with Crippen LogP contribution in [0.1, 0.15) is 41.2 Å². The van der Waals surface area contributed by atoms with Crippen molar-refractivity contribution in [1.82, 2.24) is 24.6 Å². The number of carboxylic acids is 1. The third kappa shape index (κ3) is 4.58. The summed E-state index contributed by atoms with van der Waals surface area (Å²) >= 11 is 0. The highest BCUT2D eigenvalue weighted by atomic mass is 19.3. The fourth-order valence-corrected chi connectivity index (χ4v) is 4.43. The van der Waals surface area contributed by atoms with E-state index in [0.29, 0.717) is 48.8 Å². The van der Waals surface area contributed by atoms with Gasteiger partial charge in [-0.15, -0.1) is 0 Å². The van der Waals surface area contributed by atoms with Crippen molar-refractivity contribution in [2.24, 2.45) is 5.92 Å². The van der Waals surface area contributed by atoms with Crippen LogP contribution in [0.3, 0.4) is 0 Å². The van der Waals surface area contributed by atoms with E-state index >= 15 is 0 Å². The second-order valence-electron chi connectivity index (χ2n) is 8.98. The van der Waals surface area contributed by atoms with Crippen LogP contribution in [0.5, 0.6) is 0 Å². The summed E-state index contributed by atoms with van der Waals surface area (Å²) in [4.78, 5) is 34.2. The van der Waals surface area contributed by atoms with Crippen LogP contribution in [0, 0.1) is 12.8 Å². The molecule has 0 bridgehead atoms. The first-order valence-corrected chi connectivity index (χ1v) is 11.4. The Kier molecular flexibility index (Phi) is 5.70. The van der Waals surface area contributed by atoms with Gasteiger partial charge in [0.15, 0.2) is 0 Å². The van der Waals surface area contributed by atoms with Gasteiger partial charge in [-0.05, 0) is 31.4 Å². The van der Waals surface area contributed by atoms with Crippen LogP contribution in [0.4, 0.5) is 20.4 Å². The molecule has 0 spiro atoms. The molecule has 2 N–H and O–H groups in total. The average molecular weight is 482 g/mol. The Morgan fingerprint density at radius 2 is 1.89 bits per heavy atom. The van der Waals surface area contributed by atoms with E-state index in [9.17, 15) is 23.5 Å². The summed E-state index contributed by atoms with van der Waals surface area (Å²) in [6.07, 6.45) is 5.99. The number of carbonyl (C=O) groups is 2. The highest BCUT2D eigenvalue weighted by molar-refractivity contribution is 5.95. The maximum Gasteiger partial charge on any atom is 0.336 e. The van der Waals surface area contributed by atoms with Gasteiger partial charge >= 0.3 is 5.97 Å². The zero-order chi connectivity index (χ0) is 24.7. The van der Waals surface area contributed by atoms with E-state index in [1.165, 1.54) is 11.0 Å². The van der Waals surface area contributed by atoms with E-state index in [1.807, 2.05) is 13.1 Å². The molecule has 1 saturated heterocycles. The summed E-state index contributed by atoms with van der Waals surface area (Å²) in [5.41, 5.74) is 2.58. The van der Waals surface area contributed by atoms with Gasteiger partial charge in [-0.25, -0.2) is 23.5 Å². The first kappa shape index (κ1) is 22.9.